The highest BCUT2D eigenvalue weighted by Crippen LogP contribution is 2.45. The molecule has 9 heteroatoms. The number of carbonyl (C=O) groups excluding carboxylic acids is 2. The first-order valence-corrected chi connectivity index (χ1v) is 11.2. The molecule has 0 saturated carbocycles. The number of hydrogen-bond donors (Lipinski definition) is 1. The van der Waals surface area contributed by atoms with Crippen molar-refractivity contribution in [2.45, 2.75) is 26.3 Å². The first-order chi connectivity index (χ1) is 16.3. The molecule has 0 fully saturated rings. The largest absolute Gasteiger partial charge is 0.493 e. The van der Waals surface area contributed by atoms with Crippen molar-refractivity contribution in [3.8, 4) is 28.4 Å². The maximum absolute atomic E-state index is 13.4. The topological polar surface area (TPSA) is 91.7 Å². The van der Waals surface area contributed by atoms with Gasteiger partial charge in [0.2, 0.25) is 0 Å². The smallest absolute Gasteiger partial charge is 0.328 e. The van der Waals surface area contributed by atoms with Crippen molar-refractivity contribution < 1.29 is 23.8 Å². The number of esters is 1. The van der Waals surface area contributed by atoms with E-state index in [1.165, 1.54) is 7.11 Å². The second-order valence-electron chi connectivity index (χ2n) is 8.30. The van der Waals surface area contributed by atoms with Crippen LogP contribution in [0, 0.1) is 5.92 Å². The number of rotatable bonds is 7. The zero-order chi connectivity index (χ0) is 24.6. The molecule has 1 heterocycles. The molecular formula is C25H26ClN3O5. The highest BCUT2D eigenvalue weighted by molar-refractivity contribution is 6.32. The lowest BCUT2D eigenvalue weighted by Crippen LogP contribution is -2.45. The highest BCUT2D eigenvalue weighted by Gasteiger charge is 2.34. The van der Waals surface area contributed by atoms with Crippen LogP contribution in [0.2, 0.25) is 5.02 Å². The number of fused-ring (bicyclic) bond motifs is 3. The van der Waals surface area contributed by atoms with E-state index in [0.29, 0.717) is 28.6 Å². The summed E-state index contributed by atoms with van der Waals surface area (Å²) in [5.74, 6) is 0.0276. The summed E-state index contributed by atoms with van der Waals surface area (Å²) in [6.45, 7) is 3.67. The lowest BCUT2D eigenvalue weighted by Gasteiger charge is -2.19. The second kappa shape index (κ2) is 9.38. The molecule has 0 spiro atoms. The molecule has 0 unspecified atom stereocenters. The number of carbonyl (C=O) groups is 2. The Morgan fingerprint density at radius 1 is 1.09 bits per heavy atom. The van der Waals surface area contributed by atoms with Gasteiger partial charge in [-0.15, -0.1) is 0 Å². The van der Waals surface area contributed by atoms with Crippen LogP contribution in [0.25, 0.3) is 16.9 Å². The average molecular weight is 484 g/mol. The fourth-order valence-corrected chi connectivity index (χ4v) is 4.40. The predicted octanol–water partition coefficient (Wildman–Crippen LogP) is 4.04. The van der Waals surface area contributed by atoms with E-state index in [9.17, 15) is 9.59 Å². The Morgan fingerprint density at radius 2 is 1.76 bits per heavy atom. The van der Waals surface area contributed by atoms with E-state index in [4.69, 9.17) is 25.8 Å². The van der Waals surface area contributed by atoms with Gasteiger partial charge in [0.05, 0.1) is 37.7 Å². The Balaban J connectivity index is 1.88. The van der Waals surface area contributed by atoms with E-state index >= 15 is 0 Å². The quantitative estimate of drug-likeness (QED) is 0.399. The molecular weight excluding hydrogens is 458 g/mol. The van der Waals surface area contributed by atoms with Crippen LogP contribution < -0.4 is 14.8 Å². The molecule has 0 saturated heterocycles. The Bertz CT molecular complexity index is 1270. The molecule has 1 amide bonds. The van der Waals surface area contributed by atoms with Gasteiger partial charge in [-0.05, 0) is 35.7 Å². The molecule has 1 aromatic heterocycles. The van der Waals surface area contributed by atoms with E-state index in [1.54, 1.807) is 25.0 Å². The minimum absolute atomic E-state index is 0.166. The molecule has 1 N–H and O–H groups in total. The summed E-state index contributed by atoms with van der Waals surface area (Å²) in [6.07, 6.45) is 0.461. The number of aromatic nitrogens is 2. The van der Waals surface area contributed by atoms with Crippen LogP contribution in [0.4, 0.5) is 0 Å². The molecule has 3 aromatic rings. The van der Waals surface area contributed by atoms with Crippen LogP contribution in [-0.4, -0.2) is 49.0 Å². The third kappa shape index (κ3) is 3.98. The molecule has 178 valence electrons. The van der Waals surface area contributed by atoms with Crippen molar-refractivity contribution in [2.75, 3.05) is 21.3 Å². The zero-order valence-corrected chi connectivity index (χ0v) is 20.4. The van der Waals surface area contributed by atoms with Crippen LogP contribution in [0.1, 0.15) is 35.5 Å². The summed E-state index contributed by atoms with van der Waals surface area (Å²) in [5, 5.41) is 7.94. The fourth-order valence-electron chi connectivity index (χ4n) is 4.19. The van der Waals surface area contributed by atoms with Gasteiger partial charge < -0.3 is 19.5 Å². The van der Waals surface area contributed by atoms with Crippen LogP contribution >= 0.6 is 11.6 Å². The van der Waals surface area contributed by atoms with Crippen LogP contribution in [0.3, 0.4) is 0 Å². The Hall–Kier alpha value is -3.52. The van der Waals surface area contributed by atoms with E-state index in [1.807, 2.05) is 44.2 Å². The van der Waals surface area contributed by atoms with Gasteiger partial charge in [0.15, 0.2) is 17.2 Å². The van der Waals surface area contributed by atoms with Gasteiger partial charge in [0.25, 0.3) is 5.91 Å². The van der Waals surface area contributed by atoms with Gasteiger partial charge in [-0.2, -0.15) is 5.10 Å². The van der Waals surface area contributed by atoms with Crippen LogP contribution in [-0.2, 0) is 16.0 Å². The third-order valence-electron chi connectivity index (χ3n) is 5.92. The molecule has 1 aliphatic rings. The van der Waals surface area contributed by atoms with Gasteiger partial charge in [0.1, 0.15) is 6.04 Å². The second-order valence-corrected chi connectivity index (χ2v) is 8.71. The maximum Gasteiger partial charge on any atom is 0.328 e. The number of hydrogen-bond acceptors (Lipinski definition) is 6. The molecule has 4 rings (SSSR count). The Kier molecular flexibility index (Phi) is 6.52. The molecule has 0 bridgehead atoms. The number of halogens is 1. The van der Waals surface area contributed by atoms with Crippen molar-refractivity contribution in [2.24, 2.45) is 5.92 Å². The molecule has 1 aliphatic carbocycles. The highest BCUT2D eigenvalue weighted by atomic mass is 35.5. The molecule has 0 aliphatic heterocycles. The van der Waals surface area contributed by atoms with E-state index in [0.717, 1.165) is 22.4 Å². The van der Waals surface area contributed by atoms with E-state index in [2.05, 4.69) is 10.4 Å². The molecule has 2 aromatic carbocycles. The first kappa shape index (κ1) is 23.6. The summed E-state index contributed by atoms with van der Waals surface area (Å²) >= 11 is 6.50. The number of methoxy groups -OCH3 is 3. The molecule has 34 heavy (non-hydrogen) atoms. The lowest BCUT2D eigenvalue weighted by molar-refractivity contribution is -0.144. The average Bonchev–Trinajstić information content (AvgIpc) is 3.38. The van der Waals surface area contributed by atoms with Gasteiger partial charge in [0, 0.05) is 17.5 Å². The summed E-state index contributed by atoms with van der Waals surface area (Å²) in [7, 11) is 4.45. The van der Waals surface area contributed by atoms with Gasteiger partial charge in [-0.1, -0.05) is 37.6 Å². The minimum Gasteiger partial charge on any atom is -0.493 e. The third-order valence-corrected chi connectivity index (χ3v) is 6.24. The van der Waals surface area contributed by atoms with Crippen molar-refractivity contribution in [1.82, 2.24) is 15.1 Å². The SMILES string of the molecule is COC(=O)[C@H](NC(=O)c1nn(-c2ccccc2Cl)c2c1Cc1cc(OC)c(OC)cc1-2)C(C)C. The van der Waals surface area contributed by atoms with Crippen molar-refractivity contribution in [3.63, 3.8) is 0 Å². The van der Waals surface area contributed by atoms with E-state index in [-0.39, 0.29) is 11.6 Å². The zero-order valence-electron chi connectivity index (χ0n) is 19.6. The predicted molar refractivity (Wildman–Crippen MR) is 128 cm³/mol. The molecule has 8 nitrogen and oxygen atoms in total. The molecule has 0 radical (unpaired) electrons. The summed E-state index contributed by atoms with van der Waals surface area (Å²) in [4.78, 5) is 25.6. The maximum atomic E-state index is 13.4. The van der Waals surface area contributed by atoms with Gasteiger partial charge >= 0.3 is 5.97 Å². The van der Waals surface area contributed by atoms with Crippen molar-refractivity contribution >= 4 is 23.5 Å². The normalized spacial score (nSPS) is 12.7. The van der Waals surface area contributed by atoms with Crippen LogP contribution in [0.5, 0.6) is 11.5 Å². The Labute approximate surface area is 202 Å². The van der Waals surface area contributed by atoms with Gasteiger partial charge in [-0.3, -0.25) is 4.79 Å². The fraction of sp³-hybridized carbons (Fsp3) is 0.320. The summed E-state index contributed by atoms with van der Waals surface area (Å²) in [5.41, 5.74) is 4.17. The van der Waals surface area contributed by atoms with Gasteiger partial charge in [-0.25, -0.2) is 9.48 Å². The standard InChI is InChI=1S/C25H26ClN3O5/c1-13(2)21(25(31)34-5)27-24(30)22-16-10-14-11-19(32-3)20(33-4)12-15(14)23(16)29(28-22)18-9-7-6-8-17(18)26/h6-9,11-13,21H,10H2,1-5H3,(H,27,30)/t21-/m1/s1. The summed E-state index contributed by atoms with van der Waals surface area (Å²) in [6, 6.07) is 10.3. The Morgan fingerprint density at radius 3 is 2.38 bits per heavy atom. The number of nitrogens with one attached hydrogen (secondary N) is 1. The minimum atomic E-state index is -0.803. The van der Waals surface area contributed by atoms with Crippen molar-refractivity contribution in [3.05, 3.63) is 58.2 Å². The number of amides is 1. The van der Waals surface area contributed by atoms with Crippen LogP contribution in [0.15, 0.2) is 36.4 Å². The first-order valence-electron chi connectivity index (χ1n) is 10.8. The van der Waals surface area contributed by atoms with Crippen molar-refractivity contribution in [1.29, 1.82) is 0 Å². The monoisotopic (exact) mass is 483 g/mol. The number of nitrogens with zero attached hydrogens (tertiary/aromatic N) is 2. The number of ether oxygens (including phenoxy) is 3. The number of benzene rings is 2. The lowest BCUT2D eigenvalue weighted by atomic mass is 10.0. The molecule has 1 atom stereocenters. The summed E-state index contributed by atoms with van der Waals surface area (Å²) < 4.78 is 17.5. The van der Waals surface area contributed by atoms with E-state index < -0.39 is 17.9 Å². The number of para-hydroxylation sites is 1.